The summed E-state index contributed by atoms with van der Waals surface area (Å²) in [4.78, 5) is 0. The predicted octanol–water partition coefficient (Wildman–Crippen LogP) is 4.68. The molecule has 90 valence electrons. The van der Waals surface area contributed by atoms with Crippen molar-refractivity contribution in [2.24, 2.45) is 5.41 Å². The van der Waals surface area contributed by atoms with Crippen molar-refractivity contribution in [3.8, 4) is 0 Å². The van der Waals surface area contributed by atoms with E-state index < -0.39 is 6.10 Å². The van der Waals surface area contributed by atoms with Crippen LogP contribution in [0.2, 0.25) is 0 Å². The molecule has 2 aromatic carbocycles. The van der Waals surface area contributed by atoms with Gasteiger partial charge in [-0.2, -0.15) is 0 Å². The topological polar surface area (TPSA) is 20.2 Å². The minimum atomic E-state index is -0.435. The van der Waals surface area contributed by atoms with E-state index in [0.717, 1.165) is 15.4 Å². The molecule has 0 radical (unpaired) electrons. The van der Waals surface area contributed by atoms with E-state index in [0.29, 0.717) is 0 Å². The van der Waals surface area contributed by atoms with E-state index in [1.807, 2.05) is 32.9 Å². The first-order chi connectivity index (χ1) is 7.88. The van der Waals surface area contributed by atoms with E-state index in [2.05, 4.69) is 40.2 Å². The minimum absolute atomic E-state index is 0.136. The number of hydrogen-bond acceptors (Lipinski definition) is 1. The van der Waals surface area contributed by atoms with Crippen LogP contribution < -0.4 is 0 Å². The molecule has 0 aliphatic carbocycles. The van der Waals surface area contributed by atoms with Gasteiger partial charge in [0.15, 0.2) is 0 Å². The standard InChI is InChI=1S/C15H17BrO/c1-15(2,3)14(17)12-5-4-11-9-13(16)7-6-10(11)8-12/h4-9,14,17H,1-3H3. The lowest BCUT2D eigenvalue weighted by atomic mass is 9.84. The van der Waals surface area contributed by atoms with Crippen molar-refractivity contribution in [1.82, 2.24) is 0 Å². The van der Waals surface area contributed by atoms with Crippen molar-refractivity contribution in [2.45, 2.75) is 26.9 Å². The van der Waals surface area contributed by atoms with E-state index in [-0.39, 0.29) is 5.41 Å². The molecule has 1 N–H and O–H groups in total. The molecular formula is C15H17BrO. The van der Waals surface area contributed by atoms with Gasteiger partial charge >= 0.3 is 0 Å². The molecule has 0 amide bonds. The fraction of sp³-hybridized carbons (Fsp3) is 0.333. The van der Waals surface area contributed by atoms with Crippen molar-refractivity contribution >= 4 is 26.7 Å². The van der Waals surface area contributed by atoms with Crippen molar-refractivity contribution in [3.63, 3.8) is 0 Å². The first kappa shape index (κ1) is 12.6. The molecule has 2 rings (SSSR count). The zero-order valence-corrected chi connectivity index (χ0v) is 12.0. The average Bonchev–Trinajstić information content (AvgIpc) is 2.26. The van der Waals surface area contributed by atoms with Crippen molar-refractivity contribution < 1.29 is 5.11 Å². The third-order valence-electron chi connectivity index (χ3n) is 2.96. The molecule has 17 heavy (non-hydrogen) atoms. The summed E-state index contributed by atoms with van der Waals surface area (Å²) in [6.07, 6.45) is -0.435. The average molecular weight is 293 g/mol. The molecule has 2 heteroatoms. The summed E-state index contributed by atoms with van der Waals surface area (Å²) < 4.78 is 1.08. The quantitative estimate of drug-likeness (QED) is 0.809. The van der Waals surface area contributed by atoms with Gasteiger partial charge in [-0.1, -0.05) is 54.9 Å². The maximum atomic E-state index is 10.3. The number of aliphatic hydroxyl groups is 1. The lowest BCUT2D eigenvalue weighted by Crippen LogP contribution is -2.17. The molecule has 1 atom stereocenters. The third-order valence-corrected chi connectivity index (χ3v) is 3.46. The van der Waals surface area contributed by atoms with Crippen LogP contribution in [0.5, 0.6) is 0 Å². The van der Waals surface area contributed by atoms with Crippen LogP contribution in [0.15, 0.2) is 40.9 Å². The first-order valence-corrected chi connectivity index (χ1v) is 6.54. The summed E-state index contributed by atoms with van der Waals surface area (Å²) in [5.41, 5.74) is 0.843. The summed E-state index contributed by atoms with van der Waals surface area (Å²) in [6.45, 7) is 6.14. The van der Waals surface area contributed by atoms with Gasteiger partial charge in [0.05, 0.1) is 6.10 Å². The Morgan fingerprint density at radius 2 is 1.59 bits per heavy atom. The third kappa shape index (κ3) is 2.70. The van der Waals surface area contributed by atoms with Crippen LogP contribution in [0.4, 0.5) is 0 Å². The van der Waals surface area contributed by atoms with E-state index >= 15 is 0 Å². The number of aliphatic hydroxyl groups excluding tert-OH is 1. The largest absolute Gasteiger partial charge is 0.388 e. The van der Waals surface area contributed by atoms with Crippen LogP contribution in [0, 0.1) is 5.41 Å². The Morgan fingerprint density at radius 1 is 1.00 bits per heavy atom. The Morgan fingerprint density at radius 3 is 2.24 bits per heavy atom. The molecule has 0 spiro atoms. The van der Waals surface area contributed by atoms with Crippen molar-refractivity contribution in [1.29, 1.82) is 0 Å². The fourth-order valence-corrected chi connectivity index (χ4v) is 2.28. The van der Waals surface area contributed by atoms with E-state index in [9.17, 15) is 5.11 Å². The molecule has 2 aromatic rings. The Balaban J connectivity index is 2.48. The highest BCUT2D eigenvalue weighted by atomic mass is 79.9. The Kier molecular flexibility index (Phi) is 3.28. The summed E-state index contributed by atoms with van der Waals surface area (Å²) in [6, 6.07) is 12.3. The second-order valence-electron chi connectivity index (χ2n) is 5.52. The molecule has 0 aromatic heterocycles. The number of rotatable bonds is 1. The summed E-state index contributed by atoms with van der Waals surface area (Å²) in [7, 11) is 0. The van der Waals surface area contributed by atoms with E-state index in [4.69, 9.17) is 0 Å². The van der Waals surface area contributed by atoms with Gasteiger partial charge in [0.25, 0.3) is 0 Å². The van der Waals surface area contributed by atoms with Crippen molar-refractivity contribution in [3.05, 3.63) is 46.4 Å². The predicted molar refractivity (Wildman–Crippen MR) is 76.1 cm³/mol. The molecule has 0 saturated carbocycles. The second kappa shape index (κ2) is 4.43. The SMILES string of the molecule is CC(C)(C)C(O)c1ccc2cc(Br)ccc2c1. The monoisotopic (exact) mass is 292 g/mol. The fourth-order valence-electron chi connectivity index (χ4n) is 1.91. The van der Waals surface area contributed by atoms with Gasteiger partial charge in [0.1, 0.15) is 0 Å². The first-order valence-electron chi connectivity index (χ1n) is 5.75. The van der Waals surface area contributed by atoms with Gasteiger partial charge in [-0.15, -0.1) is 0 Å². The number of halogens is 1. The van der Waals surface area contributed by atoms with Gasteiger partial charge in [0, 0.05) is 4.47 Å². The number of hydrogen-bond donors (Lipinski definition) is 1. The maximum absolute atomic E-state index is 10.3. The molecule has 1 unspecified atom stereocenters. The normalized spacial score (nSPS) is 13.9. The van der Waals surface area contributed by atoms with Crippen LogP contribution in [0.1, 0.15) is 32.4 Å². The van der Waals surface area contributed by atoms with Crippen LogP contribution in [0.3, 0.4) is 0 Å². The Labute approximate surface area is 111 Å². The lowest BCUT2D eigenvalue weighted by molar-refractivity contribution is 0.0628. The molecule has 0 aliphatic rings. The smallest absolute Gasteiger partial charge is 0.0838 e. The van der Waals surface area contributed by atoms with Gasteiger partial charge in [-0.3, -0.25) is 0 Å². The summed E-state index contributed by atoms with van der Waals surface area (Å²) >= 11 is 3.46. The lowest BCUT2D eigenvalue weighted by Gasteiger charge is -2.26. The van der Waals surface area contributed by atoms with Crippen LogP contribution in [-0.2, 0) is 0 Å². The van der Waals surface area contributed by atoms with Gasteiger partial charge < -0.3 is 5.11 Å². The highest BCUT2D eigenvalue weighted by molar-refractivity contribution is 9.10. The van der Waals surface area contributed by atoms with E-state index in [1.54, 1.807) is 0 Å². The Hall–Kier alpha value is -0.860. The number of fused-ring (bicyclic) bond motifs is 1. The highest BCUT2D eigenvalue weighted by Gasteiger charge is 2.23. The molecule has 0 saturated heterocycles. The molecule has 0 aliphatic heterocycles. The van der Waals surface area contributed by atoms with Gasteiger partial charge in [-0.05, 0) is 39.9 Å². The minimum Gasteiger partial charge on any atom is -0.388 e. The Bertz CT molecular complexity index is 540. The second-order valence-corrected chi connectivity index (χ2v) is 6.44. The van der Waals surface area contributed by atoms with Crippen LogP contribution in [0.25, 0.3) is 10.8 Å². The van der Waals surface area contributed by atoms with Gasteiger partial charge in [0.2, 0.25) is 0 Å². The summed E-state index contributed by atoms with van der Waals surface area (Å²) in [5.74, 6) is 0. The number of benzene rings is 2. The summed E-state index contributed by atoms with van der Waals surface area (Å²) in [5, 5.41) is 12.6. The van der Waals surface area contributed by atoms with E-state index in [1.165, 1.54) is 5.39 Å². The van der Waals surface area contributed by atoms with Crippen LogP contribution in [-0.4, -0.2) is 5.11 Å². The molecule has 0 fully saturated rings. The van der Waals surface area contributed by atoms with Crippen molar-refractivity contribution in [2.75, 3.05) is 0 Å². The zero-order valence-electron chi connectivity index (χ0n) is 10.4. The van der Waals surface area contributed by atoms with Gasteiger partial charge in [-0.25, -0.2) is 0 Å². The molecular weight excluding hydrogens is 276 g/mol. The maximum Gasteiger partial charge on any atom is 0.0838 e. The van der Waals surface area contributed by atoms with Crippen LogP contribution >= 0.6 is 15.9 Å². The zero-order chi connectivity index (χ0) is 12.6. The molecule has 0 heterocycles. The molecule has 1 nitrogen and oxygen atoms in total. The molecule has 0 bridgehead atoms. The highest BCUT2D eigenvalue weighted by Crippen LogP contribution is 2.34.